The molecule has 0 aliphatic heterocycles. The molecule has 0 aromatic heterocycles. The van der Waals surface area contributed by atoms with Crippen LogP contribution in [0.25, 0.3) is 0 Å². The van der Waals surface area contributed by atoms with Gasteiger partial charge in [-0.05, 0) is 31.5 Å². The van der Waals surface area contributed by atoms with Crippen molar-refractivity contribution in [2.75, 3.05) is 24.1 Å². The van der Waals surface area contributed by atoms with E-state index in [1.165, 1.54) is 0 Å². The first kappa shape index (κ1) is 18.7. The van der Waals surface area contributed by atoms with Crippen LogP contribution in [0, 0.1) is 0 Å². The predicted molar refractivity (Wildman–Crippen MR) is 82.8 cm³/mol. The van der Waals surface area contributed by atoms with Crippen molar-refractivity contribution in [1.82, 2.24) is 5.32 Å². The van der Waals surface area contributed by atoms with Crippen LogP contribution in [0.15, 0.2) is 24.3 Å². The number of nitrogens with two attached hydrogens (primary N) is 1. The monoisotopic (exact) mass is 321 g/mol. The Hall–Kier alpha value is -1.31. The van der Waals surface area contributed by atoms with E-state index in [9.17, 15) is 13.2 Å². The van der Waals surface area contributed by atoms with Gasteiger partial charge in [0.05, 0.1) is 17.5 Å². The number of hydrogen-bond acceptors (Lipinski definition) is 4. The maximum atomic E-state index is 11.9. The summed E-state index contributed by atoms with van der Waals surface area (Å²) in [5.41, 5.74) is 5.95. The molecule has 0 saturated carbocycles. The standard InChI is InChI=1S/C12H19N3O3S.ClH/c1-19(17,18)15-11-7-3-2-6-10(11)12(16)14-9-5-4-8-13;/h2-3,6-7,15H,4-5,8-9,13H2,1H3,(H,14,16);1H. The highest BCUT2D eigenvalue weighted by Gasteiger charge is 2.12. The number of para-hydroxylation sites is 1. The summed E-state index contributed by atoms with van der Waals surface area (Å²) >= 11 is 0. The first-order valence-electron chi connectivity index (χ1n) is 5.99. The quantitative estimate of drug-likeness (QED) is 0.651. The molecule has 0 heterocycles. The average molecular weight is 322 g/mol. The van der Waals surface area contributed by atoms with Crippen molar-refractivity contribution in [2.24, 2.45) is 5.73 Å². The van der Waals surface area contributed by atoms with Gasteiger partial charge in [-0.15, -0.1) is 12.4 Å². The van der Waals surface area contributed by atoms with Gasteiger partial charge in [-0.3, -0.25) is 9.52 Å². The zero-order chi connectivity index (χ0) is 14.3. The Kier molecular flexibility index (Phi) is 8.21. The van der Waals surface area contributed by atoms with Crippen molar-refractivity contribution >= 4 is 34.0 Å². The average Bonchev–Trinajstić information content (AvgIpc) is 2.33. The SMILES string of the molecule is CS(=O)(=O)Nc1ccccc1C(=O)NCCCCN.Cl. The highest BCUT2D eigenvalue weighted by molar-refractivity contribution is 7.92. The van der Waals surface area contributed by atoms with E-state index in [0.717, 1.165) is 19.1 Å². The summed E-state index contributed by atoms with van der Waals surface area (Å²) in [5, 5.41) is 2.73. The van der Waals surface area contributed by atoms with Crippen LogP contribution in [0.1, 0.15) is 23.2 Å². The molecule has 20 heavy (non-hydrogen) atoms. The lowest BCUT2D eigenvalue weighted by atomic mass is 10.1. The highest BCUT2D eigenvalue weighted by Crippen LogP contribution is 2.15. The molecule has 0 aliphatic rings. The molecule has 4 N–H and O–H groups in total. The molecule has 0 aliphatic carbocycles. The fraction of sp³-hybridized carbons (Fsp3) is 0.417. The maximum Gasteiger partial charge on any atom is 0.253 e. The Morgan fingerprint density at radius 3 is 2.50 bits per heavy atom. The van der Waals surface area contributed by atoms with Crippen LogP contribution >= 0.6 is 12.4 Å². The van der Waals surface area contributed by atoms with E-state index in [1.807, 2.05) is 0 Å². The van der Waals surface area contributed by atoms with Gasteiger partial charge in [0.1, 0.15) is 0 Å². The van der Waals surface area contributed by atoms with Gasteiger partial charge in [-0.25, -0.2) is 8.42 Å². The van der Waals surface area contributed by atoms with E-state index >= 15 is 0 Å². The van der Waals surface area contributed by atoms with Crippen molar-refractivity contribution in [3.05, 3.63) is 29.8 Å². The van der Waals surface area contributed by atoms with Crippen LogP contribution in [0.5, 0.6) is 0 Å². The lowest BCUT2D eigenvalue weighted by molar-refractivity contribution is 0.0954. The van der Waals surface area contributed by atoms with Crippen molar-refractivity contribution in [3.63, 3.8) is 0 Å². The van der Waals surface area contributed by atoms with Gasteiger partial charge in [-0.1, -0.05) is 12.1 Å². The van der Waals surface area contributed by atoms with Crippen molar-refractivity contribution in [3.8, 4) is 0 Å². The Bertz CT molecular complexity index is 535. The zero-order valence-corrected chi connectivity index (χ0v) is 12.9. The molecular formula is C12H20ClN3O3S. The van der Waals surface area contributed by atoms with Gasteiger partial charge in [0, 0.05) is 6.54 Å². The van der Waals surface area contributed by atoms with E-state index in [-0.39, 0.29) is 24.0 Å². The van der Waals surface area contributed by atoms with E-state index in [1.54, 1.807) is 24.3 Å². The molecule has 114 valence electrons. The fourth-order valence-corrected chi connectivity index (χ4v) is 2.11. The molecule has 0 fully saturated rings. The summed E-state index contributed by atoms with van der Waals surface area (Å²) in [5.74, 6) is -0.302. The molecule has 0 bridgehead atoms. The third kappa shape index (κ3) is 6.74. The minimum atomic E-state index is -3.41. The van der Waals surface area contributed by atoms with Gasteiger partial charge in [0.15, 0.2) is 0 Å². The number of nitrogens with one attached hydrogen (secondary N) is 2. The molecule has 0 radical (unpaired) electrons. The van der Waals surface area contributed by atoms with Gasteiger partial charge >= 0.3 is 0 Å². The van der Waals surface area contributed by atoms with Crippen molar-refractivity contribution in [1.29, 1.82) is 0 Å². The first-order chi connectivity index (χ1) is 8.94. The second kappa shape index (κ2) is 8.78. The van der Waals surface area contributed by atoms with E-state index in [2.05, 4.69) is 10.0 Å². The number of amides is 1. The highest BCUT2D eigenvalue weighted by atomic mass is 35.5. The number of sulfonamides is 1. The van der Waals surface area contributed by atoms with E-state index in [0.29, 0.717) is 18.7 Å². The molecule has 6 nitrogen and oxygen atoms in total. The second-order valence-electron chi connectivity index (χ2n) is 4.17. The molecule has 0 spiro atoms. The molecule has 0 saturated heterocycles. The number of carbonyl (C=O) groups excluding carboxylic acids is 1. The third-order valence-corrected chi connectivity index (χ3v) is 2.97. The lowest BCUT2D eigenvalue weighted by Crippen LogP contribution is -2.26. The molecular weight excluding hydrogens is 302 g/mol. The Morgan fingerprint density at radius 1 is 1.25 bits per heavy atom. The first-order valence-corrected chi connectivity index (χ1v) is 7.88. The molecule has 0 unspecified atom stereocenters. The molecule has 1 rings (SSSR count). The topological polar surface area (TPSA) is 101 Å². The summed E-state index contributed by atoms with van der Waals surface area (Å²) < 4.78 is 24.8. The number of benzene rings is 1. The number of anilines is 1. The molecule has 1 aromatic carbocycles. The van der Waals surface area contributed by atoms with Crippen molar-refractivity contribution in [2.45, 2.75) is 12.8 Å². The summed E-state index contributed by atoms with van der Waals surface area (Å²) in [6.07, 6.45) is 2.68. The lowest BCUT2D eigenvalue weighted by Gasteiger charge is -2.10. The Balaban J connectivity index is 0.00000361. The maximum absolute atomic E-state index is 11.9. The number of unbranched alkanes of at least 4 members (excludes halogenated alkanes) is 1. The second-order valence-corrected chi connectivity index (χ2v) is 5.92. The van der Waals surface area contributed by atoms with Crippen LogP contribution in [-0.4, -0.2) is 33.7 Å². The fourth-order valence-electron chi connectivity index (χ4n) is 1.54. The molecule has 0 atom stereocenters. The summed E-state index contributed by atoms with van der Waals surface area (Å²) in [6, 6.07) is 6.47. The van der Waals surface area contributed by atoms with Gasteiger partial charge < -0.3 is 11.1 Å². The van der Waals surface area contributed by atoms with Crippen LogP contribution in [0.4, 0.5) is 5.69 Å². The van der Waals surface area contributed by atoms with Gasteiger partial charge in [0.2, 0.25) is 10.0 Å². The van der Waals surface area contributed by atoms with Gasteiger partial charge in [0.25, 0.3) is 5.91 Å². The smallest absolute Gasteiger partial charge is 0.253 e. The number of halogens is 1. The Morgan fingerprint density at radius 2 is 1.90 bits per heavy atom. The minimum absolute atomic E-state index is 0. The number of rotatable bonds is 7. The van der Waals surface area contributed by atoms with Crippen LogP contribution in [0.3, 0.4) is 0 Å². The summed E-state index contributed by atoms with van der Waals surface area (Å²) in [4.78, 5) is 11.9. The summed E-state index contributed by atoms with van der Waals surface area (Å²) in [6.45, 7) is 1.10. The normalized spacial score (nSPS) is 10.5. The number of hydrogen-bond donors (Lipinski definition) is 3. The Labute approximate surface area is 125 Å². The van der Waals surface area contributed by atoms with Crippen molar-refractivity contribution < 1.29 is 13.2 Å². The predicted octanol–water partition coefficient (Wildman–Crippen LogP) is 0.949. The van der Waals surface area contributed by atoms with E-state index in [4.69, 9.17) is 5.73 Å². The summed E-state index contributed by atoms with van der Waals surface area (Å²) in [7, 11) is -3.41. The molecule has 1 aromatic rings. The minimum Gasteiger partial charge on any atom is -0.352 e. The van der Waals surface area contributed by atoms with Crippen LogP contribution in [-0.2, 0) is 10.0 Å². The largest absolute Gasteiger partial charge is 0.352 e. The van der Waals surface area contributed by atoms with Gasteiger partial charge in [-0.2, -0.15) is 0 Å². The molecule has 1 amide bonds. The zero-order valence-electron chi connectivity index (χ0n) is 11.3. The van der Waals surface area contributed by atoms with Crippen LogP contribution in [0.2, 0.25) is 0 Å². The van der Waals surface area contributed by atoms with E-state index < -0.39 is 10.0 Å². The van der Waals surface area contributed by atoms with Crippen LogP contribution < -0.4 is 15.8 Å². The number of carbonyl (C=O) groups is 1. The third-order valence-electron chi connectivity index (χ3n) is 2.38. The molecule has 8 heteroatoms.